The Labute approximate surface area is 119 Å². The van der Waals surface area contributed by atoms with Crippen molar-refractivity contribution in [3.8, 4) is 0 Å². The van der Waals surface area contributed by atoms with Crippen LogP contribution in [0.3, 0.4) is 0 Å². The molecule has 4 nitrogen and oxygen atoms in total. The standard InChI is InChI=1S/C16H20N2O2/c1-10(11-7-8-11)18(2)16(20)13-9-15(19)17-14-6-4-3-5-12(13)14/h3-6,10-11,13H,7-9H2,1-2H3,(H,17,19)/t10-,13+/m1/s1. The fourth-order valence-corrected chi connectivity index (χ4v) is 2.97. The fourth-order valence-electron chi connectivity index (χ4n) is 2.97. The molecule has 106 valence electrons. The third-order valence-corrected chi connectivity index (χ3v) is 4.56. The Morgan fingerprint density at radius 3 is 2.75 bits per heavy atom. The van der Waals surface area contributed by atoms with Crippen LogP contribution in [0.4, 0.5) is 5.69 Å². The molecule has 1 fully saturated rings. The average Bonchev–Trinajstić information content (AvgIpc) is 3.28. The van der Waals surface area contributed by atoms with Gasteiger partial charge >= 0.3 is 0 Å². The van der Waals surface area contributed by atoms with Gasteiger partial charge in [0.2, 0.25) is 11.8 Å². The number of nitrogens with zero attached hydrogens (tertiary/aromatic N) is 1. The smallest absolute Gasteiger partial charge is 0.230 e. The number of amides is 2. The molecule has 1 saturated carbocycles. The molecule has 1 aromatic rings. The van der Waals surface area contributed by atoms with Gasteiger partial charge in [0.05, 0.1) is 5.92 Å². The van der Waals surface area contributed by atoms with Gasteiger partial charge in [0.1, 0.15) is 0 Å². The fraction of sp³-hybridized carbons (Fsp3) is 0.500. The number of hydrogen-bond donors (Lipinski definition) is 1. The first kappa shape index (κ1) is 13.2. The van der Waals surface area contributed by atoms with Crippen LogP contribution in [0.5, 0.6) is 0 Å². The second-order valence-electron chi connectivity index (χ2n) is 5.92. The highest BCUT2D eigenvalue weighted by Gasteiger charge is 2.37. The molecule has 0 radical (unpaired) electrons. The minimum Gasteiger partial charge on any atom is -0.342 e. The van der Waals surface area contributed by atoms with E-state index >= 15 is 0 Å². The molecule has 0 spiro atoms. The van der Waals surface area contributed by atoms with Crippen LogP contribution in [0.1, 0.15) is 37.7 Å². The molecule has 3 rings (SSSR count). The summed E-state index contributed by atoms with van der Waals surface area (Å²) in [6.45, 7) is 2.10. The number of para-hydroxylation sites is 1. The highest BCUT2D eigenvalue weighted by molar-refractivity contribution is 6.01. The predicted octanol–water partition coefficient (Wildman–Crippen LogP) is 2.37. The van der Waals surface area contributed by atoms with E-state index in [1.54, 1.807) is 0 Å². The quantitative estimate of drug-likeness (QED) is 0.918. The van der Waals surface area contributed by atoms with Crippen molar-refractivity contribution in [2.24, 2.45) is 5.92 Å². The second-order valence-corrected chi connectivity index (χ2v) is 5.92. The minimum absolute atomic E-state index is 0.0618. The van der Waals surface area contributed by atoms with Crippen molar-refractivity contribution in [1.29, 1.82) is 0 Å². The molecule has 2 aliphatic rings. The van der Waals surface area contributed by atoms with Crippen LogP contribution in [0.25, 0.3) is 0 Å². The molecule has 0 aromatic heterocycles. The van der Waals surface area contributed by atoms with Crippen molar-refractivity contribution in [2.45, 2.75) is 38.1 Å². The van der Waals surface area contributed by atoms with Gasteiger partial charge < -0.3 is 10.2 Å². The van der Waals surface area contributed by atoms with Crippen LogP contribution in [-0.4, -0.2) is 29.8 Å². The van der Waals surface area contributed by atoms with Crippen molar-refractivity contribution >= 4 is 17.5 Å². The zero-order chi connectivity index (χ0) is 14.3. The molecule has 20 heavy (non-hydrogen) atoms. The average molecular weight is 272 g/mol. The molecule has 1 aromatic carbocycles. The summed E-state index contributed by atoms with van der Waals surface area (Å²) in [6, 6.07) is 7.85. The summed E-state index contributed by atoms with van der Waals surface area (Å²) in [6.07, 6.45) is 2.67. The molecule has 0 saturated heterocycles. The van der Waals surface area contributed by atoms with Gasteiger partial charge in [-0.1, -0.05) is 18.2 Å². The first-order chi connectivity index (χ1) is 9.58. The number of fused-ring (bicyclic) bond motifs is 1. The Morgan fingerprint density at radius 2 is 2.05 bits per heavy atom. The lowest BCUT2D eigenvalue weighted by molar-refractivity contribution is -0.135. The highest BCUT2D eigenvalue weighted by atomic mass is 16.2. The monoisotopic (exact) mass is 272 g/mol. The Hall–Kier alpha value is -1.84. The number of carbonyl (C=O) groups excluding carboxylic acids is 2. The summed E-state index contributed by atoms with van der Waals surface area (Å²) in [7, 11) is 1.86. The molecule has 2 amide bonds. The SMILES string of the molecule is C[C@H](C1CC1)N(C)C(=O)[C@H]1CC(=O)Nc2ccccc21. The van der Waals surface area contributed by atoms with Gasteiger partial charge in [-0.3, -0.25) is 9.59 Å². The lowest BCUT2D eigenvalue weighted by Crippen LogP contribution is -2.41. The van der Waals surface area contributed by atoms with Gasteiger partial charge in [0, 0.05) is 25.2 Å². The molecule has 0 unspecified atom stereocenters. The normalized spacial score (nSPS) is 22.7. The van der Waals surface area contributed by atoms with Crippen molar-refractivity contribution in [1.82, 2.24) is 4.90 Å². The maximum atomic E-state index is 12.7. The molecule has 4 heteroatoms. The number of likely N-dealkylation sites (N-methyl/N-ethyl adjacent to an activating group) is 1. The predicted molar refractivity (Wildman–Crippen MR) is 77.4 cm³/mol. The van der Waals surface area contributed by atoms with E-state index in [9.17, 15) is 9.59 Å². The van der Waals surface area contributed by atoms with Crippen LogP contribution in [-0.2, 0) is 9.59 Å². The molecule has 1 N–H and O–H groups in total. The van der Waals surface area contributed by atoms with Gasteiger partial charge in [-0.15, -0.1) is 0 Å². The van der Waals surface area contributed by atoms with Gasteiger partial charge in [-0.2, -0.15) is 0 Å². The number of nitrogens with one attached hydrogen (secondary N) is 1. The Bertz CT molecular complexity index is 551. The van der Waals surface area contributed by atoms with E-state index in [4.69, 9.17) is 0 Å². The molecule has 2 atom stereocenters. The summed E-state index contributed by atoms with van der Waals surface area (Å²) in [5.41, 5.74) is 1.71. The van der Waals surface area contributed by atoms with Crippen LogP contribution in [0.15, 0.2) is 24.3 Å². The van der Waals surface area contributed by atoms with E-state index in [-0.39, 0.29) is 30.2 Å². The molecular formula is C16H20N2O2. The van der Waals surface area contributed by atoms with Crippen LogP contribution < -0.4 is 5.32 Å². The topological polar surface area (TPSA) is 49.4 Å². The summed E-state index contributed by atoms with van der Waals surface area (Å²) in [5.74, 6) is 0.281. The summed E-state index contributed by atoms with van der Waals surface area (Å²) in [5, 5.41) is 2.84. The third-order valence-electron chi connectivity index (χ3n) is 4.56. The number of hydrogen-bond acceptors (Lipinski definition) is 2. The first-order valence-electron chi connectivity index (χ1n) is 7.23. The van der Waals surface area contributed by atoms with E-state index in [2.05, 4.69) is 12.2 Å². The maximum Gasteiger partial charge on any atom is 0.230 e. The lowest BCUT2D eigenvalue weighted by Gasteiger charge is -2.32. The van der Waals surface area contributed by atoms with Crippen LogP contribution in [0, 0.1) is 5.92 Å². The second kappa shape index (κ2) is 4.93. The Kier molecular flexibility index (Phi) is 3.24. The van der Waals surface area contributed by atoms with E-state index in [0.717, 1.165) is 11.3 Å². The van der Waals surface area contributed by atoms with Crippen LogP contribution >= 0.6 is 0 Å². The summed E-state index contributed by atoms with van der Waals surface area (Å²) in [4.78, 5) is 26.4. The molecule has 1 aliphatic carbocycles. The lowest BCUT2D eigenvalue weighted by atomic mass is 9.89. The number of anilines is 1. The van der Waals surface area contributed by atoms with Gasteiger partial charge in [-0.25, -0.2) is 0 Å². The zero-order valence-corrected chi connectivity index (χ0v) is 11.9. The van der Waals surface area contributed by atoms with E-state index in [1.165, 1.54) is 12.8 Å². The van der Waals surface area contributed by atoms with E-state index < -0.39 is 0 Å². The van der Waals surface area contributed by atoms with Crippen molar-refractivity contribution < 1.29 is 9.59 Å². The van der Waals surface area contributed by atoms with Crippen molar-refractivity contribution in [3.63, 3.8) is 0 Å². The molecule has 1 aliphatic heterocycles. The minimum atomic E-state index is -0.342. The van der Waals surface area contributed by atoms with Crippen LogP contribution in [0.2, 0.25) is 0 Å². The summed E-state index contributed by atoms with van der Waals surface area (Å²) < 4.78 is 0. The maximum absolute atomic E-state index is 12.7. The zero-order valence-electron chi connectivity index (χ0n) is 11.9. The molecular weight excluding hydrogens is 252 g/mol. The summed E-state index contributed by atoms with van der Waals surface area (Å²) >= 11 is 0. The van der Waals surface area contributed by atoms with Crippen molar-refractivity contribution in [2.75, 3.05) is 12.4 Å². The largest absolute Gasteiger partial charge is 0.342 e. The molecule has 0 bridgehead atoms. The first-order valence-corrected chi connectivity index (χ1v) is 7.23. The number of benzene rings is 1. The van der Waals surface area contributed by atoms with E-state index in [0.29, 0.717) is 5.92 Å². The van der Waals surface area contributed by atoms with Gasteiger partial charge in [-0.05, 0) is 37.3 Å². The molecule has 1 heterocycles. The Balaban J connectivity index is 1.85. The number of carbonyl (C=O) groups is 2. The van der Waals surface area contributed by atoms with Gasteiger partial charge in [0.15, 0.2) is 0 Å². The van der Waals surface area contributed by atoms with Crippen molar-refractivity contribution in [3.05, 3.63) is 29.8 Å². The third kappa shape index (κ3) is 2.30. The Morgan fingerprint density at radius 1 is 1.35 bits per heavy atom. The number of rotatable bonds is 3. The highest BCUT2D eigenvalue weighted by Crippen LogP contribution is 2.37. The van der Waals surface area contributed by atoms with Gasteiger partial charge in [0.25, 0.3) is 0 Å². The van der Waals surface area contributed by atoms with E-state index in [1.807, 2.05) is 36.2 Å².